The predicted molar refractivity (Wildman–Crippen MR) is 108 cm³/mol. The van der Waals surface area contributed by atoms with Crippen molar-refractivity contribution >= 4 is 17.2 Å². The molecule has 27 heavy (non-hydrogen) atoms. The number of H-pyrrole nitrogens is 1. The van der Waals surface area contributed by atoms with Crippen molar-refractivity contribution in [2.45, 2.75) is 25.7 Å². The van der Waals surface area contributed by atoms with E-state index in [0.717, 1.165) is 47.3 Å². The fourth-order valence-electron chi connectivity index (χ4n) is 3.94. The second-order valence-electron chi connectivity index (χ2n) is 6.99. The fraction of sp³-hybridized carbons (Fsp3) is 0.182. The molecule has 0 radical (unpaired) electrons. The lowest BCUT2D eigenvalue weighted by Gasteiger charge is -2.05. The van der Waals surface area contributed by atoms with Crippen molar-refractivity contribution in [1.82, 2.24) is 14.6 Å². The van der Waals surface area contributed by atoms with Crippen LogP contribution in [0.5, 0.6) is 0 Å². The highest BCUT2D eigenvalue weighted by Crippen LogP contribution is 2.31. The summed E-state index contributed by atoms with van der Waals surface area (Å²) in [5, 5.41) is 4.02. The molecule has 0 amide bonds. The quantitative estimate of drug-likeness (QED) is 0.576. The van der Waals surface area contributed by atoms with Crippen LogP contribution in [-0.2, 0) is 19.3 Å². The second kappa shape index (κ2) is 6.39. The van der Waals surface area contributed by atoms with Gasteiger partial charge >= 0.3 is 0 Å². The van der Waals surface area contributed by atoms with Crippen LogP contribution in [0.25, 0.3) is 16.8 Å². The van der Waals surface area contributed by atoms with Crippen molar-refractivity contribution < 1.29 is 0 Å². The van der Waals surface area contributed by atoms with E-state index in [2.05, 4.69) is 17.2 Å². The van der Waals surface area contributed by atoms with Gasteiger partial charge in [0.05, 0.1) is 5.69 Å². The van der Waals surface area contributed by atoms with Crippen LogP contribution >= 0.6 is 11.6 Å². The normalized spacial score (nSPS) is 13.2. The number of halogens is 1. The molecule has 0 aliphatic heterocycles. The van der Waals surface area contributed by atoms with Crippen LogP contribution in [0.1, 0.15) is 28.9 Å². The van der Waals surface area contributed by atoms with E-state index in [-0.39, 0.29) is 5.56 Å². The van der Waals surface area contributed by atoms with Crippen molar-refractivity contribution in [3.63, 3.8) is 0 Å². The number of aryl methyl sites for hydroxylation is 1. The molecule has 0 atom stereocenters. The minimum Gasteiger partial charge on any atom is -0.293 e. The van der Waals surface area contributed by atoms with Crippen LogP contribution in [0.4, 0.5) is 0 Å². The Balaban J connectivity index is 1.77. The lowest BCUT2D eigenvalue weighted by Crippen LogP contribution is -2.20. The number of nitrogens with one attached hydrogen (secondary N) is 1. The molecule has 5 rings (SSSR count). The summed E-state index contributed by atoms with van der Waals surface area (Å²) in [5.41, 5.74) is 6.67. The number of aromatic amines is 1. The molecule has 0 unspecified atom stereocenters. The summed E-state index contributed by atoms with van der Waals surface area (Å²) in [6.45, 7) is 0. The summed E-state index contributed by atoms with van der Waals surface area (Å²) in [6.07, 6.45) is 3.39. The van der Waals surface area contributed by atoms with E-state index in [1.54, 1.807) is 4.52 Å². The van der Waals surface area contributed by atoms with Gasteiger partial charge in [0.15, 0.2) is 5.65 Å². The van der Waals surface area contributed by atoms with E-state index >= 15 is 0 Å². The van der Waals surface area contributed by atoms with E-state index in [0.29, 0.717) is 17.1 Å². The zero-order valence-electron chi connectivity index (χ0n) is 14.7. The number of hydrogen-bond acceptors (Lipinski definition) is 2. The van der Waals surface area contributed by atoms with Gasteiger partial charge in [-0.25, -0.2) is 9.50 Å². The monoisotopic (exact) mass is 375 g/mol. The molecule has 0 bridgehead atoms. The first-order valence-corrected chi connectivity index (χ1v) is 9.54. The third-order valence-electron chi connectivity index (χ3n) is 5.23. The minimum atomic E-state index is 0.0297. The molecular weight excluding hydrogens is 358 g/mol. The zero-order valence-corrected chi connectivity index (χ0v) is 15.5. The Morgan fingerprint density at radius 1 is 1.04 bits per heavy atom. The van der Waals surface area contributed by atoms with Gasteiger partial charge in [0.2, 0.25) is 0 Å². The predicted octanol–water partition coefficient (Wildman–Crippen LogP) is 4.42. The van der Waals surface area contributed by atoms with Crippen molar-refractivity contribution in [2.75, 3.05) is 0 Å². The average Bonchev–Trinajstić information content (AvgIpc) is 3.29. The lowest BCUT2D eigenvalue weighted by molar-refractivity contribution is 0.845. The van der Waals surface area contributed by atoms with Gasteiger partial charge in [-0.15, -0.1) is 0 Å². The molecule has 1 aliphatic rings. The molecule has 5 heteroatoms. The average molecular weight is 376 g/mol. The fourth-order valence-corrected chi connectivity index (χ4v) is 4.06. The molecular formula is C22H18ClN3O. The molecule has 0 spiro atoms. The van der Waals surface area contributed by atoms with Crippen molar-refractivity contribution in [3.05, 3.63) is 92.5 Å². The van der Waals surface area contributed by atoms with Gasteiger partial charge in [0.25, 0.3) is 5.56 Å². The molecule has 134 valence electrons. The molecule has 0 fully saturated rings. The van der Waals surface area contributed by atoms with Gasteiger partial charge in [-0.3, -0.25) is 9.89 Å². The maximum atomic E-state index is 13.0. The topological polar surface area (TPSA) is 50.2 Å². The largest absolute Gasteiger partial charge is 0.293 e. The Morgan fingerprint density at radius 2 is 1.81 bits per heavy atom. The van der Waals surface area contributed by atoms with Crippen molar-refractivity contribution in [3.8, 4) is 11.1 Å². The summed E-state index contributed by atoms with van der Waals surface area (Å²) in [4.78, 5) is 17.9. The number of benzene rings is 2. The SMILES string of the molecule is O=c1c2c(nc3c(-c4ccc(Cl)cc4)c(Cc4ccccc4)[nH]n13)CCC2. The highest BCUT2D eigenvalue weighted by atomic mass is 35.5. The standard InChI is InChI=1S/C22H18ClN3O/c23-16-11-9-15(10-12-16)20-19(13-14-5-2-1-3-6-14)25-26-21(20)24-18-8-4-7-17(18)22(26)27/h1-3,5-6,9-12,25H,4,7-8,13H2. The molecule has 1 N–H and O–H groups in total. The number of nitrogens with zero attached hydrogens (tertiary/aromatic N) is 2. The van der Waals surface area contributed by atoms with E-state index in [9.17, 15) is 4.79 Å². The van der Waals surface area contributed by atoms with Crippen LogP contribution in [0.3, 0.4) is 0 Å². The zero-order chi connectivity index (χ0) is 18.4. The highest BCUT2D eigenvalue weighted by Gasteiger charge is 2.23. The van der Waals surface area contributed by atoms with Crippen LogP contribution in [0.15, 0.2) is 59.4 Å². The molecule has 2 heterocycles. The Hall–Kier alpha value is -2.85. The molecule has 2 aromatic heterocycles. The lowest BCUT2D eigenvalue weighted by atomic mass is 10.0. The van der Waals surface area contributed by atoms with Crippen LogP contribution < -0.4 is 5.56 Å². The summed E-state index contributed by atoms with van der Waals surface area (Å²) < 4.78 is 1.62. The molecule has 4 aromatic rings. The van der Waals surface area contributed by atoms with Crippen molar-refractivity contribution in [2.24, 2.45) is 0 Å². The maximum Gasteiger partial charge on any atom is 0.276 e. The first-order valence-electron chi connectivity index (χ1n) is 9.16. The maximum absolute atomic E-state index is 13.0. The molecule has 2 aromatic carbocycles. The highest BCUT2D eigenvalue weighted by molar-refractivity contribution is 6.30. The smallest absolute Gasteiger partial charge is 0.276 e. The Bertz CT molecular complexity index is 1190. The summed E-state index contributed by atoms with van der Waals surface area (Å²) in [7, 11) is 0. The summed E-state index contributed by atoms with van der Waals surface area (Å²) in [5.74, 6) is 0. The van der Waals surface area contributed by atoms with E-state index < -0.39 is 0 Å². The second-order valence-corrected chi connectivity index (χ2v) is 7.43. The van der Waals surface area contributed by atoms with Gasteiger partial charge in [0, 0.05) is 28.3 Å². The van der Waals surface area contributed by atoms with Crippen LogP contribution in [-0.4, -0.2) is 14.6 Å². The Morgan fingerprint density at radius 3 is 2.59 bits per heavy atom. The van der Waals surface area contributed by atoms with Crippen molar-refractivity contribution in [1.29, 1.82) is 0 Å². The third-order valence-corrected chi connectivity index (χ3v) is 5.48. The van der Waals surface area contributed by atoms with E-state index in [1.807, 2.05) is 42.5 Å². The van der Waals surface area contributed by atoms with Gasteiger partial charge in [0.1, 0.15) is 0 Å². The van der Waals surface area contributed by atoms with Gasteiger partial charge in [-0.1, -0.05) is 54.1 Å². The summed E-state index contributed by atoms with van der Waals surface area (Å²) >= 11 is 6.08. The third kappa shape index (κ3) is 2.77. The van der Waals surface area contributed by atoms with Crippen LogP contribution in [0, 0.1) is 0 Å². The Labute approximate surface area is 161 Å². The van der Waals surface area contributed by atoms with Gasteiger partial charge in [-0.2, -0.15) is 0 Å². The van der Waals surface area contributed by atoms with Gasteiger partial charge < -0.3 is 0 Å². The minimum absolute atomic E-state index is 0.0297. The Kier molecular flexibility index (Phi) is 3.87. The number of rotatable bonds is 3. The number of aromatic nitrogens is 3. The molecule has 0 saturated carbocycles. The molecule has 4 nitrogen and oxygen atoms in total. The summed E-state index contributed by atoms with van der Waals surface area (Å²) in [6, 6.07) is 18.0. The first kappa shape index (κ1) is 16.3. The first-order chi connectivity index (χ1) is 13.2. The number of hydrogen-bond donors (Lipinski definition) is 1. The number of fused-ring (bicyclic) bond motifs is 2. The van der Waals surface area contributed by atoms with Crippen LogP contribution in [0.2, 0.25) is 5.02 Å². The van der Waals surface area contributed by atoms with E-state index in [4.69, 9.17) is 16.6 Å². The van der Waals surface area contributed by atoms with Gasteiger partial charge in [-0.05, 0) is 42.5 Å². The van der Waals surface area contributed by atoms with E-state index in [1.165, 1.54) is 5.56 Å². The molecule has 0 saturated heterocycles. The molecule has 1 aliphatic carbocycles.